The largest absolute Gasteiger partial charge is 0.396 e. The molecule has 19 heavy (non-hydrogen) atoms. The lowest BCUT2D eigenvalue weighted by molar-refractivity contribution is 0.128. The average Bonchev–Trinajstić information content (AvgIpc) is 2.37. The van der Waals surface area contributed by atoms with Crippen molar-refractivity contribution in [3.63, 3.8) is 0 Å². The van der Waals surface area contributed by atoms with Crippen LogP contribution in [-0.4, -0.2) is 45.4 Å². The number of aliphatic hydroxyl groups is 1. The smallest absolute Gasteiger partial charge is 0.338 e. The molecule has 4 nitrogen and oxygen atoms in total. The molecule has 0 spiro atoms. The summed E-state index contributed by atoms with van der Waals surface area (Å²) in [5.41, 5.74) is 0.274. The lowest BCUT2D eigenvalue weighted by Crippen LogP contribution is -2.53. The van der Waals surface area contributed by atoms with Gasteiger partial charge in [0.15, 0.2) is 0 Å². The fraction of sp³-hybridized carbons (Fsp3) is 1.00. The molecular weight excluding hydrogens is 258 g/mol. The first-order chi connectivity index (χ1) is 9.10. The maximum atomic E-state index is 9.87. The maximum absolute atomic E-state index is 9.87. The van der Waals surface area contributed by atoms with E-state index in [9.17, 15) is 5.11 Å². The van der Waals surface area contributed by atoms with Gasteiger partial charge >= 0.3 is 9.28 Å². The number of nitrogens with one attached hydrogen (secondary N) is 1. The van der Waals surface area contributed by atoms with Gasteiger partial charge in [-0.2, -0.15) is 0 Å². The second-order valence-electron chi connectivity index (χ2n) is 4.98. The van der Waals surface area contributed by atoms with E-state index in [0.717, 1.165) is 25.7 Å². The number of rotatable bonds is 12. The summed E-state index contributed by atoms with van der Waals surface area (Å²) < 4.78 is 11.7. The molecule has 5 heteroatoms. The molecule has 0 aliphatic heterocycles. The molecule has 3 atom stereocenters. The summed E-state index contributed by atoms with van der Waals surface area (Å²) in [6, 6.07) is 0.137. The predicted molar refractivity (Wildman–Crippen MR) is 82.6 cm³/mol. The van der Waals surface area contributed by atoms with Gasteiger partial charge in [0.1, 0.15) is 0 Å². The lowest BCUT2D eigenvalue weighted by atomic mass is 10.1. The molecule has 0 aromatic carbocycles. The van der Waals surface area contributed by atoms with Gasteiger partial charge in [-0.15, -0.1) is 0 Å². The third-order valence-electron chi connectivity index (χ3n) is 3.20. The summed E-state index contributed by atoms with van der Waals surface area (Å²) in [7, 11) is -1.71. The monoisotopic (exact) mass is 291 g/mol. The van der Waals surface area contributed by atoms with Crippen LogP contribution >= 0.6 is 0 Å². The van der Waals surface area contributed by atoms with E-state index >= 15 is 0 Å². The van der Waals surface area contributed by atoms with Crippen molar-refractivity contribution in [1.82, 2.24) is 5.32 Å². The van der Waals surface area contributed by atoms with Crippen LogP contribution in [0.25, 0.3) is 0 Å². The normalized spacial score (nSPS) is 16.6. The van der Waals surface area contributed by atoms with E-state index in [1.165, 1.54) is 0 Å². The molecule has 116 valence electrons. The minimum atomic E-state index is -1.71. The highest BCUT2D eigenvalue weighted by molar-refractivity contribution is 6.46. The third kappa shape index (κ3) is 8.04. The highest BCUT2D eigenvalue weighted by Gasteiger charge is 2.28. The molecule has 0 rings (SSSR count). The van der Waals surface area contributed by atoms with Gasteiger partial charge in [-0.3, -0.25) is 0 Å². The number of hydrogen-bond donors (Lipinski definition) is 2. The van der Waals surface area contributed by atoms with Gasteiger partial charge in [0.2, 0.25) is 0 Å². The van der Waals surface area contributed by atoms with Crippen LogP contribution in [0.1, 0.15) is 60.3 Å². The zero-order chi connectivity index (χ0) is 14.7. The van der Waals surface area contributed by atoms with Crippen molar-refractivity contribution in [1.29, 1.82) is 0 Å². The molecule has 0 saturated heterocycles. The molecule has 0 amide bonds. The molecule has 0 aliphatic carbocycles. The summed E-state index contributed by atoms with van der Waals surface area (Å²) >= 11 is 0. The standard InChI is InChI=1S/C14H33NO3Si/c1-6-10-13(12(5)16)15-14(11-7-2)19(17-8-3)18-9-4/h12-16,19H,6-11H2,1-5H3. The zero-order valence-electron chi connectivity index (χ0n) is 13.3. The minimum Gasteiger partial charge on any atom is -0.396 e. The van der Waals surface area contributed by atoms with Crippen LogP contribution in [0.3, 0.4) is 0 Å². The maximum Gasteiger partial charge on any atom is 0.338 e. The van der Waals surface area contributed by atoms with Crippen molar-refractivity contribution in [3.8, 4) is 0 Å². The van der Waals surface area contributed by atoms with Crippen LogP contribution in [0, 0.1) is 0 Å². The van der Waals surface area contributed by atoms with Crippen molar-refractivity contribution in [2.75, 3.05) is 13.2 Å². The van der Waals surface area contributed by atoms with Crippen molar-refractivity contribution < 1.29 is 14.0 Å². The van der Waals surface area contributed by atoms with Crippen LogP contribution in [-0.2, 0) is 8.85 Å². The molecule has 0 saturated carbocycles. The Morgan fingerprint density at radius 3 is 1.89 bits per heavy atom. The highest BCUT2D eigenvalue weighted by Crippen LogP contribution is 2.10. The SMILES string of the molecule is CCCC(NC(CCC)[SiH](OCC)OCC)C(C)O. The molecule has 3 unspecified atom stereocenters. The number of aliphatic hydroxyl groups excluding tert-OH is 1. The van der Waals surface area contributed by atoms with E-state index in [2.05, 4.69) is 19.2 Å². The third-order valence-corrected chi connectivity index (χ3v) is 5.71. The molecule has 0 fully saturated rings. The second kappa shape index (κ2) is 11.8. The Morgan fingerprint density at radius 1 is 1.00 bits per heavy atom. The fourth-order valence-corrected chi connectivity index (χ4v) is 4.50. The first kappa shape index (κ1) is 19.1. The Morgan fingerprint density at radius 2 is 1.53 bits per heavy atom. The second-order valence-corrected chi connectivity index (χ2v) is 7.18. The average molecular weight is 292 g/mol. The molecule has 0 aromatic rings. The molecule has 0 heterocycles. The number of hydrogen-bond acceptors (Lipinski definition) is 4. The summed E-state index contributed by atoms with van der Waals surface area (Å²) in [5, 5.41) is 13.5. The van der Waals surface area contributed by atoms with Gasteiger partial charge < -0.3 is 19.3 Å². The van der Waals surface area contributed by atoms with E-state index in [1.54, 1.807) is 0 Å². The molecule has 0 aliphatic rings. The van der Waals surface area contributed by atoms with Crippen molar-refractivity contribution in [2.45, 2.75) is 78.1 Å². The molecule has 0 bridgehead atoms. The first-order valence-electron chi connectivity index (χ1n) is 7.77. The van der Waals surface area contributed by atoms with Crippen LogP contribution in [0.4, 0.5) is 0 Å². The molecule has 0 radical (unpaired) electrons. The van der Waals surface area contributed by atoms with Crippen LogP contribution in [0.2, 0.25) is 0 Å². The van der Waals surface area contributed by atoms with Crippen LogP contribution < -0.4 is 5.32 Å². The molecular formula is C14H33NO3Si. The Hall–Kier alpha value is 0.0569. The van der Waals surface area contributed by atoms with E-state index in [0.29, 0.717) is 13.2 Å². The fourth-order valence-electron chi connectivity index (χ4n) is 2.27. The minimum absolute atomic E-state index is 0.137. The summed E-state index contributed by atoms with van der Waals surface area (Å²) in [4.78, 5) is 0. The zero-order valence-corrected chi connectivity index (χ0v) is 14.5. The van der Waals surface area contributed by atoms with Crippen molar-refractivity contribution in [3.05, 3.63) is 0 Å². The Bertz CT molecular complexity index is 199. The quantitative estimate of drug-likeness (QED) is 0.541. The van der Waals surface area contributed by atoms with Gasteiger partial charge in [-0.25, -0.2) is 0 Å². The lowest BCUT2D eigenvalue weighted by Gasteiger charge is -2.31. The van der Waals surface area contributed by atoms with E-state index in [1.807, 2.05) is 20.8 Å². The predicted octanol–water partition coefficient (Wildman–Crippen LogP) is 2.13. The van der Waals surface area contributed by atoms with Gasteiger partial charge in [0.25, 0.3) is 0 Å². The summed E-state index contributed by atoms with van der Waals surface area (Å²) in [6.07, 6.45) is 3.86. The van der Waals surface area contributed by atoms with Crippen LogP contribution in [0.15, 0.2) is 0 Å². The summed E-state index contributed by atoms with van der Waals surface area (Å²) in [6.45, 7) is 11.6. The summed E-state index contributed by atoms with van der Waals surface area (Å²) in [5.74, 6) is 0. The Labute approximate surface area is 120 Å². The molecule has 2 N–H and O–H groups in total. The van der Waals surface area contributed by atoms with Crippen molar-refractivity contribution in [2.24, 2.45) is 0 Å². The van der Waals surface area contributed by atoms with Gasteiger partial charge in [-0.05, 0) is 33.6 Å². The topological polar surface area (TPSA) is 50.7 Å². The van der Waals surface area contributed by atoms with E-state index in [4.69, 9.17) is 8.85 Å². The van der Waals surface area contributed by atoms with E-state index < -0.39 is 9.28 Å². The first-order valence-corrected chi connectivity index (χ1v) is 9.38. The van der Waals surface area contributed by atoms with Gasteiger partial charge in [0.05, 0.1) is 6.10 Å². The van der Waals surface area contributed by atoms with Crippen molar-refractivity contribution >= 4 is 9.28 Å². The van der Waals surface area contributed by atoms with Gasteiger partial charge in [0, 0.05) is 24.9 Å². The Kier molecular flexibility index (Phi) is 11.9. The van der Waals surface area contributed by atoms with Crippen LogP contribution in [0.5, 0.6) is 0 Å². The Balaban J connectivity index is 4.64. The van der Waals surface area contributed by atoms with Gasteiger partial charge in [-0.1, -0.05) is 26.7 Å². The molecule has 0 aromatic heterocycles. The highest BCUT2D eigenvalue weighted by atomic mass is 28.3. The van der Waals surface area contributed by atoms with E-state index in [-0.39, 0.29) is 17.8 Å².